The van der Waals surface area contributed by atoms with Crippen LogP contribution in [0.4, 0.5) is 5.69 Å². The van der Waals surface area contributed by atoms with E-state index in [1.54, 1.807) is 6.07 Å². The van der Waals surface area contributed by atoms with Crippen LogP contribution in [-0.2, 0) is 6.54 Å². The molecule has 0 bridgehead atoms. The molecule has 19 heavy (non-hydrogen) atoms. The summed E-state index contributed by atoms with van der Waals surface area (Å²) in [5, 5.41) is 3.41. The van der Waals surface area contributed by atoms with Crippen molar-refractivity contribution in [1.29, 1.82) is 0 Å². The molecule has 2 aromatic carbocycles. The minimum atomic E-state index is -0.395. The third kappa shape index (κ3) is 3.13. The third-order valence-corrected chi connectivity index (χ3v) is 3.16. The van der Waals surface area contributed by atoms with Gasteiger partial charge >= 0.3 is 0 Å². The molecule has 0 radical (unpaired) electrons. The van der Waals surface area contributed by atoms with Gasteiger partial charge in [0.25, 0.3) is 0 Å². The number of carbonyl (C=O) groups is 1. The first-order valence-corrected chi connectivity index (χ1v) is 6.27. The lowest BCUT2D eigenvalue weighted by molar-refractivity contribution is 0.1000. The zero-order valence-corrected chi connectivity index (χ0v) is 11.2. The minimum Gasteiger partial charge on any atom is -0.381 e. The lowest BCUT2D eigenvalue weighted by atomic mass is 10.1. The van der Waals surface area contributed by atoms with Gasteiger partial charge in [-0.05, 0) is 42.7 Å². The molecule has 0 atom stereocenters. The number of para-hydroxylation sites is 1. The van der Waals surface area contributed by atoms with Gasteiger partial charge in [-0.3, -0.25) is 4.79 Å². The van der Waals surface area contributed by atoms with E-state index in [1.165, 1.54) is 11.1 Å². The number of amides is 1. The maximum Gasteiger partial charge on any atom is 0.248 e. The largest absolute Gasteiger partial charge is 0.381 e. The fourth-order valence-corrected chi connectivity index (χ4v) is 2.12. The van der Waals surface area contributed by atoms with Gasteiger partial charge in [-0.15, -0.1) is 0 Å². The highest BCUT2D eigenvalue weighted by Crippen LogP contribution is 2.20. The third-order valence-electron chi connectivity index (χ3n) is 3.16. The van der Waals surface area contributed by atoms with Crippen molar-refractivity contribution in [3.05, 3.63) is 64.7 Å². The summed E-state index contributed by atoms with van der Waals surface area (Å²) in [6.07, 6.45) is 0. The van der Waals surface area contributed by atoms with Gasteiger partial charge in [-0.2, -0.15) is 0 Å². The summed E-state index contributed by atoms with van der Waals surface area (Å²) < 4.78 is 0. The molecule has 98 valence electrons. The Hall–Kier alpha value is -2.29. The van der Waals surface area contributed by atoms with Gasteiger partial charge in [0, 0.05) is 17.8 Å². The molecule has 0 saturated carbocycles. The van der Waals surface area contributed by atoms with Crippen LogP contribution in [0.2, 0.25) is 0 Å². The number of hydrogen-bond donors (Lipinski definition) is 2. The molecule has 0 saturated heterocycles. The van der Waals surface area contributed by atoms with Crippen LogP contribution in [0.5, 0.6) is 0 Å². The molecule has 0 spiro atoms. The smallest absolute Gasteiger partial charge is 0.248 e. The molecule has 0 heterocycles. The second-order valence-electron chi connectivity index (χ2n) is 4.68. The van der Waals surface area contributed by atoms with Crippen LogP contribution in [0.25, 0.3) is 0 Å². The molecule has 0 aromatic heterocycles. The number of nitrogens with two attached hydrogens (primary N) is 1. The summed E-state index contributed by atoms with van der Waals surface area (Å²) in [5.74, 6) is -0.395. The molecular formula is C16H18N2O. The van der Waals surface area contributed by atoms with Gasteiger partial charge in [0.15, 0.2) is 0 Å². The molecule has 0 aliphatic carbocycles. The van der Waals surface area contributed by atoms with Gasteiger partial charge in [0.1, 0.15) is 0 Å². The van der Waals surface area contributed by atoms with Crippen molar-refractivity contribution in [3.8, 4) is 0 Å². The molecule has 2 rings (SSSR count). The number of hydrogen-bond acceptors (Lipinski definition) is 2. The summed E-state index contributed by atoms with van der Waals surface area (Å²) in [6, 6.07) is 13.6. The minimum absolute atomic E-state index is 0.395. The molecule has 0 fully saturated rings. The Balaban J connectivity index is 2.15. The van der Waals surface area contributed by atoms with Gasteiger partial charge in [-0.25, -0.2) is 0 Å². The standard InChI is InChI=1S/C16H18N2O/c1-11-5-3-6-12(2)15(11)18-10-13-7-4-8-14(9-13)16(17)19/h3-9,18H,10H2,1-2H3,(H2,17,19). The number of carbonyl (C=O) groups excluding carboxylic acids is 1. The van der Waals surface area contributed by atoms with Crippen molar-refractivity contribution in [1.82, 2.24) is 0 Å². The van der Waals surface area contributed by atoms with Gasteiger partial charge < -0.3 is 11.1 Å². The van der Waals surface area contributed by atoms with Crippen molar-refractivity contribution in [2.75, 3.05) is 5.32 Å². The molecule has 1 amide bonds. The molecule has 3 heteroatoms. The SMILES string of the molecule is Cc1cccc(C)c1NCc1cccc(C(N)=O)c1. The van der Waals surface area contributed by atoms with Crippen LogP contribution < -0.4 is 11.1 Å². The van der Waals surface area contributed by atoms with Gasteiger partial charge in [0.2, 0.25) is 5.91 Å². The maximum absolute atomic E-state index is 11.1. The lowest BCUT2D eigenvalue weighted by Gasteiger charge is -2.12. The van der Waals surface area contributed by atoms with Gasteiger partial charge in [0.05, 0.1) is 0 Å². The quantitative estimate of drug-likeness (QED) is 0.881. The lowest BCUT2D eigenvalue weighted by Crippen LogP contribution is -2.11. The molecule has 0 aliphatic rings. The summed E-state index contributed by atoms with van der Waals surface area (Å²) >= 11 is 0. The number of rotatable bonds is 4. The number of nitrogens with one attached hydrogen (secondary N) is 1. The van der Waals surface area contributed by atoms with Crippen LogP contribution in [0, 0.1) is 13.8 Å². The first-order chi connectivity index (χ1) is 9.08. The van der Waals surface area contributed by atoms with Crippen LogP contribution in [0.15, 0.2) is 42.5 Å². The van der Waals surface area contributed by atoms with Crippen LogP contribution in [0.3, 0.4) is 0 Å². The highest BCUT2D eigenvalue weighted by Gasteiger charge is 2.03. The maximum atomic E-state index is 11.1. The Labute approximate surface area is 113 Å². The van der Waals surface area contributed by atoms with Gasteiger partial charge in [-0.1, -0.05) is 30.3 Å². The van der Waals surface area contributed by atoms with E-state index < -0.39 is 5.91 Å². The molecule has 3 N–H and O–H groups in total. The van der Waals surface area contributed by atoms with E-state index in [4.69, 9.17) is 5.73 Å². The average Bonchev–Trinajstić information content (AvgIpc) is 2.38. The predicted octanol–water partition coefficient (Wildman–Crippen LogP) is 3.01. The fraction of sp³-hybridized carbons (Fsp3) is 0.188. The Morgan fingerprint density at radius 2 is 1.74 bits per heavy atom. The number of aryl methyl sites for hydroxylation is 2. The number of primary amides is 1. The van der Waals surface area contributed by atoms with E-state index >= 15 is 0 Å². The first kappa shape index (κ1) is 13.1. The van der Waals surface area contributed by atoms with Crippen molar-refractivity contribution in [2.24, 2.45) is 5.73 Å². The Kier molecular flexibility index (Phi) is 3.85. The summed E-state index contributed by atoms with van der Waals surface area (Å²) in [5.41, 5.74) is 10.4. The van der Waals surface area contributed by atoms with E-state index in [2.05, 4.69) is 31.3 Å². The predicted molar refractivity (Wildman–Crippen MR) is 78.2 cm³/mol. The van der Waals surface area contributed by atoms with E-state index in [-0.39, 0.29) is 0 Å². The Bertz CT molecular complexity index is 585. The van der Waals surface area contributed by atoms with Crippen LogP contribution in [0.1, 0.15) is 27.0 Å². The first-order valence-electron chi connectivity index (χ1n) is 6.27. The van der Waals surface area contributed by atoms with Crippen molar-refractivity contribution >= 4 is 11.6 Å². The van der Waals surface area contributed by atoms with Crippen molar-refractivity contribution < 1.29 is 4.79 Å². The van der Waals surface area contributed by atoms with E-state index in [9.17, 15) is 4.79 Å². The number of anilines is 1. The van der Waals surface area contributed by atoms with Crippen LogP contribution in [-0.4, -0.2) is 5.91 Å². The van der Waals surface area contributed by atoms with E-state index in [0.717, 1.165) is 11.3 Å². The summed E-state index contributed by atoms with van der Waals surface area (Å²) in [6.45, 7) is 4.83. The molecule has 2 aromatic rings. The highest BCUT2D eigenvalue weighted by atomic mass is 16.1. The molecule has 3 nitrogen and oxygen atoms in total. The highest BCUT2D eigenvalue weighted by molar-refractivity contribution is 5.92. The zero-order chi connectivity index (χ0) is 13.8. The fourth-order valence-electron chi connectivity index (χ4n) is 2.12. The molecule has 0 unspecified atom stereocenters. The second kappa shape index (κ2) is 5.57. The Morgan fingerprint density at radius 3 is 2.37 bits per heavy atom. The topological polar surface area (TPSA) is 55.1 Å². The molecule has 0 aliphatic heterocycles. The van der Waals surface area contributed by atoms with Crippen molar-refractivity contribution in [3.63, 3.8) is 0 Å². The second-order valence-corrected chi connectivity index (χ2v) is 4.68. The van der Waals surface area contributed by atoms with E-state index in [1.807, 2.05) is 24.3 Å². The number of benzene rings is 2. The molecular weight excluding hydrogens is 236 g/mol. The Morgan fingerprint density at radius 1 is 1.11 bits per heavy atom. The normalized spacial score (nSPS) is 10.2. The summed E-state index contributed by atoms with van der Waals surface area (Å²) in [7, 11) is 0. The van der Waals surface area contributed by atoms with E-state index in [0.29, 0.717) is 12.1 Å². The monoisotopic (exact) mass is 254 g/mol. The van der Waals surface area contributed by atoms with Crippen LogP contribution >= 0.6 is 0 Å². The summed E-state index contributed by atoms with van der Waals surface area (Å²) in [4.78, 5) is 11.1. The average molecular weight is 254 g/mol. The van der Waals surface area contributed by atoms with Crippen molar-refractivity contribution in [2.45, 2.75) is 20.4 Å². The zero-order valence-electron chi connectivity index (χ0n) is 11.2.